The van der Waals surface area contributed by atoms with Gasteiger partial charge in [-0.2, -0.15) is 0 Å². The van der Waals surface area contributed by atoms with E-state index in [2.05, 4.69) is 5.32 Å². The summed E-state index contributed by atoms with van der Waals surface area (Å²) < 4.78 is 56.5. The number of ether oxygens (including phenoxy) is 3. The number of likely N-dealkylation sites (tertiary alicyclic amines) is 1. The summed E-state index contributed by atoms with van der Waals surface area (Å²) >= 11 is 0. The zero-order chi connectivity index (χ0) is 29.0. The highest BCUT2D eigenvalue weighted by molar-refractivity contribution is 7.92. The lowest BCUT2D eigenvalue weighted by Gasteiger charge is -2.33. The molecular weight excluding hydrogens is 539 g/mol. The maximum atomic E-state index is 14.8. The first kappa shape index (κ1) is 30.1. The number of carboxylic acids is 1. The van der Waals surface area contributed by atoms with Crippen molar-refractivity contribution in [2.45, 2.75) is 63.4 Å². The van der Waals surface area contributed by atoms with E-state index in [-0.39, 0.29) is 24.8 Å². The molecule has 0 aromatic heterocycles. The quantitative estimate of drug-likeness (QED) is 0.335. The summed E-state index contributed by atoms with van der Waals surface area (Å²) in [6, 6.07) is 9.24. The van der Waals surface area contributed by atoms with Gasteiger partial charge < -0.3 is 24.6 Å². The molecule has 5 atom stereocenters. The van der Waals surface area contributed by atoms with E-state index in [0.29, 0.717) is 30.0 Å². The van der Waals surface area contributed by atoms with Gasteiger partial charge in [-0.3, -0.25) is 9.69 Å². The lowest BCUT2D eigenvalue weighted by atomic mass is 9.82. The van der Waals surface area contributed by atoms with Crippen LogP contribution in [0.5, 0.6) is 17.2 Å². The van der Waals surface area contributed by atoms with Crippen LogP contribution >= 0.6 is 0 Å². The molecule has 40 heavy (non-hydrogen) atoms. The number of rotatable bonds is 13. The number of hydrogen-bond donors (Lipinski definition) is 2. The number of nitrogens with zero attached hydrogens (tertiary/aromatic N) is 1. The monoisotopic (exact) mass is 578 g/mol. The summed E-state index contributed by atoms with van der Waals surface area (Å²) in [6.45, 7) is 6.26. The maximum absolute atomic E-state index is 14.8. The Kier molecular flexibility index (Phi) is 9.58. The predicted octanol–water partition coefficient (Wildman–Crippen LogP) is 4.33. The summed E-state index contributed by atoms with van der Waals surface area (Å²) in [5, 5.41) is 13.2. The van der Waals surface area contributed by atoms with Crippen molar-refractivity contribution in [3.05, 3.63) is 53.3 Å². The van der Waals surface area contributed by atoms with Crippen LogP contribution in [0, 0.1) is 11.7 Å². The largest absolute Gasteiger partial charge is 0.494 e. The van der Waals surface area contributed by atoms with Crippen LogP contribution in [-0.2, 0) is 14.6 Å². The Morgan fingerprint density at radius 3 is 2.55 bits per heavy atom. The molecule has 2 aliphatic rings. The van der Waals surface area contributed by atoms with E-state index in [1.165, 1.54) is 19.2 Å². The van der Waals surface area contributed by atoms with Crippen LogP contribution in [0.15, 0.2) is 36.4 Å². The van der Waals surface area contributed by atoms with E-state index in [1.807, 2.05) is 24.8 Å². The zero-order valence-electron chi connectivity index (χ0n) is 23.4. The smallest absolute Gasteiger partial charge is 0.309 e. The Morgan fingerprint density at radius 2 is 1.88 bits per heavy atom. The fraction of sp³-hybridized carbons (Fsp3) is 0.552. The second kappa shape index (κ2) is 12.7. The maximum Gasteiger partial charge on any atom is 0.309 e. The van der Waals surface area contributed by atoms with Gasteiger partial charge in [0.1, 0.15) is 0 Å². The minimum absolute atomic E-state index is 0.0702. The number of halogens is 1. The Labute approximate surface area is 235 Å². The van der Waals surface area contributed by atoms with Crippen molar-refractivity contribution in [3.63, 3.8) is 0 Å². The number of benzene rings is 2. The first-order chi connectivity index (χ1) is 19.1. The number of aliphatic carboxylic acids is 1. The molecule has 0 bridgehead atoms. The van der Waals surface area contributed by atoms with Gasteiger partial charge in [0.25, 0.3) is 0 Å². The fourth-order valence-corrected chi connectivity index (χ4v) is 7.00. The second-order valence-corrected chi connectivity index (χ2v) is 13.1. The third-order valence-corrected chi connectivity index (χ3v) is 10.3. The van der Waals surface area contributed by atoms with E-state index in [0.717, 1.165) is 18.4 Å². The summed E-state index contributed by atoms with van der Waals surface area (Å²) in [5.74, 6) is -1.57. The van der Waals surface area contributed by atoms with Gasteiger partial charge in [-0.05, 0) is 55.7 Å². The third kappa shape index (κ3) is 6.37. The number of hydrogen-bond acceptors (Lipinski definition) is 8. The lowest BCUT2D eigenvalue weighted by molar-refractivity contribution is -0.143. The minimum atomic E-state index is -3.28. The Hall–Kier alpha value is -2.89. The summed E-state index contributed by atoms with van der Waals surface area (Å²) in [7, 11) is -1.90. The number of nitrogens with one attached hydrogen (secondary N) is 1. The van der Waals surface area contributed by atoms with Crippen molar-refractivity contribution in [2.24, 2.45) is 5.92 Å². The average molecular weight is 579 g/mol. The number of methoxy groups -OCH3 is 1. The van der Waals surface area contributed by atoms with Crippen LogP contribution in [-0.4, -0.2) is 68.6 Å². The standard InChI is InChI=1S/C29H39FN2O7S/c1-5-6-7-12-40(35,36)18(2)15-31-19(3)32-16-22(20-8-11-25-26(14-20)39-17-38-25)27(29(33)34)28(32)21-9-10-24(37-4)23(30)13-21/h8-11,13-14,18-19,22,27-28,31H,5-7,12,15-17H2,1-4H3,(H,33,34)/t18?,19?,22-,27-,28+/m0/s1. The van der Waals surface area contributed by atoms with Gasteiger partial charge in [0.15, 0.2) is 32.9 Å². The first-order valence-electron chi connectivity index (χ1n) is 13.7. The Balaban J connectivity index is 1.63. The molecule has 0 spiro atoms. The Bertz CT molecular complexity index is 1310. The zero-order valence-corrected chi connectivity index (χ0v) is 24.2. The van der Waals surface area contributed by atoms with E-state index in [4.69, 9.17) is 14.2 Å². The molecule has 2 unspecified atom stereocenters. The van der Waals surface area contributed by atoms with Gasteiger partial charge in [-0.25, -0.2) is 12.8 Å². The average Bonchev–Trinajstić information content (AvgIpc) is 3.56. The molecule has 4 rings (SSSR count). The second-order valence-electron chi connectivity index (χ2n) is 10.6. The van der Waals surface area contributed by atoms with Crippen molar-refractivity contribution in [2.75, 3.05) is 32.7 Å². The van der Waals surface area contributed by atoms with Crippen molar-refractivity contribution < 1.29 is 36.9 Å². The molecule has 0 saturated carbocycles. The Morgan fingerprint density at radius 1 is 1.15 bits per heavy atom. The molecule has 2 N–H and O–H groups in total. The molecule has 0 aliphatic carbocycles. The number of fused-ring (bicyclic) bond motifs is 1. The molecular formula is C29H39FN2O7S. The topological polar surface area (TPSA) is 114 Å². The van der Waals surface area contributed by atoms with Crippen molar-refractivity contribution >= 4 is 15.8 Å². The number of sulfone groups is 1. The van der Waals surface area contributed by atoms with Gasteiger partial charge in [0.05, 0.1) is 36.2 Å². The van der Waals surface area contributed by atoms with Gasteiger partial charge in [-0.1, -0.05) is 31.9 Å². The van der Waals surface area contributed by atoms with Crippen LogP contribution in [0.3, 0.4) is 0 Å². The molecule has 220 valence electrons. The molecule has 0 amide bonds. The van der Waals surface area contributed by atoms with Crippen molar-refractivity contribution in [1.29, 1.82) is 0 Å². The highest BCUT2D eigenvalue weighted by atomic mass is 32.2. The fourth-order valence-electron chi connectivity index (χ4n) is 5.64. The van der Waals surface area contributed by atoms with Crippen molar-refractivity contribution in [1.82, 2.24) is 10.2 Å². The predicted molar refractivity (Wildman–Crippen MR) is 149 cm³/mol. The summed E-state index contributed by atoms with van der Waals surface area (Å²) in [6.07, 6.45) is 2.04. The first-order valence-corrected chi connectivity index (χ1v) is 15.4. The van der Waals surface area contributed by atoms with Crippen molar-refractivity contribution in [3.8, 4) is 17.2 Å². The van der Waals surface area contributed by atoms with Crippen LogP contribution in [0.1, 0.15) is 63.1 Å². The summed E-state index contributed by atoms with van der Waals surface area (Å²) in [5.41, 5.74) is 1.28. The van der Waals surface area contributed by atoms with Gasteiger partial charge in [0.2, 0.25) is 6.79 Å². The number of carbonyl (C=O) groups is 1. The minimum Gasteiger partial charge on any atom is -0.494 e. The van der Waals surface area contributed by atoms with E-state index in [1.54, 1.807) is 25.1 Å². The van der Waals surface area contributed by atoms with E-state index < -0.39 is 50.9 Å². The molecule has 2 aromatic carbocycles. The summed E-state index contributed by atoms with van der Waals surface area (Å²) in [4.78, 5) is 14.8. The van der Waals surface area contributed by atoms with Crippen LogP contribution in [0.4, 0.5) is 4.39 Å². The van der Waals surface area contributed by atoms with Crippen LogP contribution in [0.2, 0.25) is 0 Å². The van der Waals surface area contributed by atoms with Crippen LogP contribution in [0.25, 0.3) is 0 Å². The normalized spacial score (nSPS) is 22.3. The lowest BCUT2D eigenvalue weighted by Crippen LogP contribution is -2.47. The molecule has 11 heteroatoms. The molecule has 2 heterocycles. The number of unbranched alkanes of at least 4 members (excludes halogenated alkanes) is 2. The molecule has 1 fully saturated rings. The molecule has 2 aliphatic heterocycles. The number of carboxylic acid groups (broad SMARTS) is 1. The van der Waals surface area contributed by atoms with Gasteiger partial charge in [-0.15, -0.1) is 0 Å². The highest BCUT2D eigenvalue weighted by Crippen LogP contribution is 2.48. The van der Waals surface area contributed by atoms with E-state index in [9.17, 15) is 22.7 Å². The van der Waals surface area contributed by atoms with E-state index >= 15 is 0 Å². The molecule has 1 saturated heterocycles. The van der Waals surface area contributed by atoms with Gasteiger partial charge in [0, 0.05) is 19.0 Å². The molecule has 2 aromatic rings. The van der Waals surface area contributed by atoms with Crippen LogP contribution < -0.4 is 19.5 Å². The SMILES string of the molecule is CCCCCS(=O)(=O)C(C)CNC(C)N1C[C@@H](c2ccc3c(c2)OCO3)[C@H](C(=O)O)[C@H]1c1ccc(OC)c(F)c1. The highest BCUT2D eigenvalue weighted by Gasteiger charge is 2.49. The molecule has 0 radical (unpaired) electrons. The third-order valence-electron chi connectivity index (χ3n) is 8.01. The molecule has 9 nitrogen and oxygen atoms in total. The van der Waals surface area contributed by atoms with Gasteiger partial charge >= 0.3 is 5.97 Å².